The van der Waals surface area contributed by atoms with Crippen LogP contribution in [0.5, 0.6) is 0 Å². The van der Waals surface area contributed by atoms with Crippen LogP contribution in [0.4, 0.5) is 8.78 Å². The van der Waals surface area contributed by atoms with Gasteiger partial charge < -0.3 is 5.32 Å². The number of carbonyl (C=O) groups is 1. The average molecular weight is 451 g/mol. The monoisotopic (exact) mass is 450 g/mol. The third-order valence-corrected chi connectivity index (χ3v) is 8.27. The summed E-state index contributed by atoms with van der Waals surface area (Å²) in [5.41, 5.74) is 0.104. The van der Waals surface area contributed by atoms with E-state index >= 15 is 0 Å². The Labute approximate surface area is 182 Å². The predicted octanol–water partition coefficient (Wildman–Crippen LogP) is 3.86. The number of carbonyl (C=O) groups excluding carboxylic acids is 1. The van der Waals surface area contributed by atoms with Crippen molar-refractivity contribution in [3.05, 3.63) is 71.3 Å². The van der Waals surface area contributed by atoms with Crippen LogP contribution in [-0.4, -0.2) is 43.5 Å². The van der Waals surface area contributed by atoms with Crippen molar-refractivity contribution in [2.45, 2.75) is 44.6 Å². The summed E-state index contributed by atoms with van der Waals surface area (Å²) in [5.74, 6) is -2.84. The van der Waals surface area contributed by atoms with Gasteiger partial charge in [0.05, 0.1) is 11.3 Å². The van der Waals surface area contributed by atoms with Crippen molar-refractivity contribution in [1.82, 2.24) is 9.62 Å². The van der Waals surface area contributed by atoms with Crippen LogP contribution in [0, 0.1) is 11.6 Å². The summed E-state index contributed by atoms with van der Waals surface area (Å²) in [5, 5.41) is 2.84. The third kappa shape index (κ3) is 4.80. The highest BCUT2D eigenvalue weighted by atomic mass is 32.2. The van der Waals surface area contributed by atoms with Crippen LogP contribution in [0.1, 0.15) is 49.0 Å². The number of rotatable bonds is 7. The molecule has 1 N–H and O–H groups in total. The number of sulfonamides is 1. The summed E-state index contributed by atoms with van der Waals surface area (Å²) in [4.78, 5) is 12.7. The molecule has 2 aromatic carbocycles. The van der Waals surface area contributed by atoms with E-state index in [9.17, 15) is 22.0 Å². The van der Waals surface area contributed by atoms with Crippen LogP contribution in [0.3, 0.4) is 0 Å². The van der Waals surface area contributed by atoms with Crippen molar-refractivity contribution in [3.8, 4) is 0 Å². The van der Waals surface area contributed by atoms with Gasteiger partial charge in [-0.2, -0.15) is 0 Å². The van der Waals surface area contributed by atoms with Crippen molar-refractivity contribution in [3.63, 3.8) is 0 Å². The normalized spacial score (nSPS) is 17.8. The fourth-order valence-electron chi connectivity index (χ4n) is 4.38. The van der Waals surface area contributed by atoms with Crippen LogP contribution in [0.25, 0.3) is 0 Å². The number of hydrogen-bond acceptors (Lipinski definition) is 3. The molecule has 1 saturated heterocycles. The van der Waals surface area contributed by atoms with E-state index in [4.69, 9.17) is 0 Å². The maximum Gasteiger partial charge on any atom is 0.254 e. The average Bonchev–Trinajstić information content (AvgIpc) is 2.76. The molecule has 1 aliphatic rings. The quantitative estimate of drug-likeness (QED) is 0.697. The Morgan fingerprint density at radius 1 is 1.10 bits per heavy atom. The van der Waals surface area contributed by atoms with Crippen LogP contribution < -0.4 is 5.32 Å². The largest absolute Gasteiger partial charge is 0.349 e. The van der Waals surface area contributed by atoms with Gasteiger partial charge in [0.2, 0.25) is 10.0 Å². The molecule has 0 saturated carbocycles. The zero-order chi connectivity index (χ0) is 22.6. The molecule has 31 heavy (non-hydrogen) atoms. The lowest BCUT2D eigenvalue weighted by molar-refractivity contribution is 0.0890. The summed E-state index contributed by atoms with van der Waals surface area (Å²) < 4.78 is 54.2. The van der Waals surface area contributed by atoms with Crippen LogP contribution in [-0.2, 0) is 15.4 Å². The Bertz CT molecular complexity index is 1020. The number of piperidine rings is 1. The highest BCUT2D eigenvalue weighted by Crippen LogP contribution is 2.39. The van der Waals surface area contributed by atoms with Crippen molar-refractivity contribution < 1.29 is 22.0 Å². The second-order valence-corrected chi connectivity index (χ2v) is 10.1. The summed E-state index contributed by atoms with van der Waals surface area (Å²) in [7, 11) is -3.31. The lowest BCUT2D eigenvalue weighted by Gasteiger charge is -2.45. The number of benzene rings is 2. The molecule has 0 radical (unpaired) electrons. The lowest BCUT2D eigenvalue weighted by atomic mass is 9.68. The number of halogens is 2. The fraction of sp³-hybridized carbons (Fsp3) is 0.435. The summed E-state index contributed by atoms with van der Waals surface area (Å²) in [6.45, 7) is 4.34. The molecule has 0 spiro atoms. The maximum absolute atomic E-state index is 14.1. The number of nitrogens with zero attached hydrogens (tertiary/aromatic N) is 1. The standard InChI is InChI=1S/C23H28F2N2O3S/c1-3-16-31(29,30)27-14-12-23(13-15-27,18-8-5-4-6-9-18)17(2)26-22(28)19-10-7-11-20(24)21(19)25/h4-11,17H,3,12-16H2,1-2H3,(H,26,28)/t17-/m0/s1. The topological polar surface area (TPSA) is 66.5 Å². The molecule has 8 heteroatoms. The highest BCUT2D eigenvalue weighted by molar-refractivity contribution is 7.89. The molecule has 1 atom stereocenters. The molecule has 2 aromatic rings. The van der Waals surface area contributed by atoms with Gasteiger partial charge in [0, 0.05) is 24.5 Å². The van der Waals surface area contributed by atoms with Gasteiger partial charge in [-0.05, 0) is 43.9 Å². The van der Waals surface area contributed by atoms with E-state index in [0.717, 1.165) is 11.6 Å². The van der Waals surface area contributed by atoms with Crippen molar-refractivity contribution in [1.29, 1.82) is 0 Å². The van der Waals surface area contributed by atoms with Gasteiger partial charge in [-0.15, -0.1) is 0 Å². The zero-order valence-corrected chi connectivity index (χ0v) is 18.6. The van der Waals surface area contributed by atoms with Gasteiger partial charge in [-0.25, -0.2) is 21.5 Å². The van der Waals surface area contributed by atoms with E-state index in [1.165, 1.54) is 16.4 Å². The van der Waals surface area contributed by atoms with Gasteiger partial charge in [0.25, 0.3) is 5.91 Å². The molecular formula is C23H28F2N2O3S. The second kappa shape index (κ2) is 9.44. The van der Waals surface area contributed by atoms with Crippen LogP contribution in [0.2, 0.25) is 0 Å². The molecule has 1 amide bonds. The Hall–Kier alpha value is -2.32. The number of nitrogens with one attached hydrogen (secondary N) is 1. The summed E-state index contributed by atoms with van der Waals surface area (Å²) >= 11 is 0. The van der Waals surface area contributed by atoms with Gasteiger partial charge in [-0.3, -0.25) is 4.79 Å². The Morgan fingerprint density at radius 2 is 1.74 bits per heavy atom. The van der Waals surface area contributed by atoms with Crippen molar-refractivity contribution in [2.75, 3.05) is 18.8 Å². The van der Waals surface area contributed by atoms with Crippen LogP contribution >= 0.6 is 0 Å². The van der Waals surface area contributed by atoms with Crippen LogP contribution in [0.15, 0.2) is 48.5 Å². The zero-order valence-electron chi connectivity index (χ0n) is 17.8. The smallest absolute Gasteiger partial charge is 0.254 e. The molecule has 3 rings (SSSR count). The van der Waals surface area contributed by atoms with E-state index < -0.39 is 39.0 Å². The fourth-order valence-corrected chi connectivity index (χ4v) is 5.90. The Kier molecular flexibility index (Phi) is 7.11. The Balaban J connectivity index is 1.87. The van der Waals surface area contributed by atoms with Crippen molar-refractivity contribution >= 4 is 15.9 Å². The third-order valence-electron chi connectivity index (χ3n) is 6.19. The maximum atomic E-state index is 14.1. The molecule has 1 heterocycles. The Morgan fingerprint density at radius 3 is 2.35 bits per heavy atom. The summed E-state index contributed by atoms with van der Waals surface area (Å²) in [6.07, 6.45) is 1.56. The molecule has 5 nitrogen and oxygen atoms in total. The SMILES string of the molecule is CCCS(=O)(=O)N1CCC(c2ccccc2)([C@H](C)NC(=O)c2cccc(F)c2F)CC1. The molecule has 0 aromatic heterocycles. The molecule has 0 bridgehead atoms. The lowest BCUT2D eigenvalue weighted by Crippen LogP contribution is -2.55. The highest BCUT2D eigenvalue weighted by Gasteiger charge is 2.43. The van der Waals surface area contributed by atoms with Gasteiger partial charge in [0.1, 0.15) is 0 Å². The van der Waals surface area contributed by atoms with E-state index in [1.54, 1.807) is 0 Å². The molecule has 0 aliphatic carbocycles. The molecule has 0 unspecified atom stereocenters. The minimum atomic E-state index is -3.31. The van der Waals surface area contributed by atoms with E-state index in [2.05, 4.69) is 5.32 Å². The molecular weight excluding hydrogens is 422 g/mol. The van der Waals surface area contributed by atoms with E-state index in [1.807, 2.05) is 44.2 Å². The summed E-state index contributed by atoms with van der Waals surface area (Å²) in [6, 6.07) is 12.7. The first-order valence-electron chi connectivity index (χ1n) is 10.5. The van der Waals surface area contributed by atoms with E-state index in [-0.39, 0.29) is 11.3 Å². The predicted molar refractivity (Wildman–Crippen MR) is 116 cm³/mol. The van der Waals surface area contributed by atoms with E-state index in [0.29, 0.717) is 32.4 Å². The van der Waals surface area contributed by atoms with Crippen molar-refractivity contribution in [2.24, 2.45) is 0 Å². The number of hydrogen-bond donors (Lipinski definition) is 1. The van der Waals surface area contributed by atoms with Gasteiger partial charge in [-0.1, -0.05) is 43.3 Å². The number of amides is 1. The molecule has 168 valence electrons. The minimum absolute atomic E-state index is 0.108. The van der Waals surface area contributed by atoms with Gasteiger partial charge >= 0.3 is 0 Å². The first kappa shape index (κ1) is 23.3. The minimum Gasteiger partial charge on any atom is -0.349 e. The first-order chi connectivity index (χ1) is 14.7. The molecule has 1 fully saturated rings. The van der Waals surface area contributed by atoms with Gasteiger partial charge in [0.15, 0.2) is 11.6 Å². The first-order valence-corrected chi connectivity index (χ1v) is 12.1. The molecule has 1 aliphatic heterocycles. The second-order valence-electron chi connectivity index (χ2n) is 8.03.